The van der Waals surface area contributed by atoms with Crippen LogP contribution in [0.2, 0.25) is 0 Å². The molecule has 0 bridgehead atoms. The number of nitrogen functional groups attached to an aromatic ring is 1. The molecule has 0 saturated carbocycles. The van der Waals surface area contributed by atoms with Crippen molar-refractivity contribution >= 4 is 11.8 Å². The Morgan fingerprint density at radius 3 is 2.82 bits per heavy atom. The van der Waals surface area contributed by atoms with E-state index in [0.29, 0.717) is 0 Å². The summed E-state index contributed by atoms with van der Waals surface area (Å²) in [7, 11) is 0. The van der Waals surface area contributed by atoms with Crippen LogP contribution in [0.3, 0.4) is 0 Å². The van der Waals surface area contributed by atoms with Gasteiger partial charge in [0.15, 0.2) is 0 Å². The molecule has 1 heterocycles. The topological polar surface area (TPSA) is 89.0 Å². The molecule has 0 aliphatic rings. The molecule has 0 aromatic carbocycles. The van der Waals surface area contributed by atoms with E-state index in [1.807, 2.05) is 0 Å². The molecule has 0 radical (unpaired) electrons. The third kappa shape index (κ3) is 2.47. The quantitative estimate of drug-likeness (QED) is 0.812. The van der Waals surface area contributed by atoms with Gasteiger partial charge in [-0.15, -0.1) is 0 Å². The lowest BCUT2D eigenvalue weighted by molar-refractivity contribution is 0.0515. The molecule has 0 unspecified atom stereocenters. The summed E-state index contributed by atoms with van der Waals surface area (Å²) in [5, 5.41) is 8.80. The summed E-state index contributed by atoms with van der Waals surface area (Å²) >= 11 is 0. The number of anilines is 1. The zero-order valence-electron chi connectivity index (χ0n) is 8.91. The van der Waals surface area contributed by atoms with Crippen molar-refractivity contribution < 1.29 is 18.3 Å². The lowest BCUT2D eigenvalue weighted by Crippen LogP contribution is -2.13. The molecule has 7 heteroatoms. The fourth-order valence-electron chi connectivity index (χ4n) is 1.24. The van der Waals surface area contributed by atoms with Gasteiger partial charge in [0.1, 0.15) is 17.5 Å². The molecule has 0 spiro atoms. The molecule has 0 amide bonds. The SMILES string of the molecule is CCOC(=O)c1c(C(F)F)cnc(N)c1C#N. The van der Waals surface area contributed by atoms with Crippen LogP contribution in [-0.4, -0.2) is 17.6 Å². The van der Waals surface area contributed by atoms with Gasteiger partial charge in [-0.25, -0.2) is 18.6 Å². The Balaban J connectivity index is 3.45. The van der Waals surface area contributed by atoms with Gasteiger partial charge >= 0.3 is 5.97 Å². The number of nitriles is 1. The number of carbonyl (C=O) groups excluding carboxylic acids is 1. The highest BCUT2D eigenvalue weighted by atomic mass is 19.3. The minimum Gasteiger partial charge on any atom is -0.462 e. The number of hydrogen-bond acceptors (Lipinski definition) is 5. The largest absolute Gasteiger partial charge is 0.462 e. The zero-order valence-corrected chi connectivity index (χ0v) is 8.91. The number of carbonyl (C=O) groups is 1. The molecule has 1 rings (SSSR count). The number of aromatic nitrogens is 1. The fourth-order valence-corrected chi connectivity index (χ4v) is 1.24. The van der Waals surface area contributed by atoms with Gasteiger partial charge in [0, 0.05) is 6.20 Å². The van der Waals surface area contributed by atoms with Gasteiger partial charge in [-0.05, 0) is 6.92 Å². The number of nitrogens with two attached hydrogens (primary N) is 1. The lowest BCUT2D eigenvalue weighted by atomic mass is 10.0. The van der Waals surface area contributed by atoms with E-state index in [9.17, 15) is 13.6 Å². The van der Waals surface area contributed by atoms with E-state index in [4.69, 9.17) is 11.0 Å². The Morgan fingerprint density at radius 1 is 1.71 bits per heavy atom. The monoisotopic (exact) mass is 241 g/mol. The molecule has 0 saturated heterocycles. The zero-order chi connectivity index (χ0) is 13.0. The number of rotatable bonds is 3. The summed E-state index contributed by atoms with van der Waals surface area (Å²) in [4.78, 5) is 15.0. The number of esters is 1. The van der Waals surface area contributed by atoms with E-state index < -0.39 is 23.5 Å². The van der Waals surface area contributed by atoms with Gasteiger partial charge in [-0.2, -0.15) is 5.26 Å². The minimum absolute atomic E-state index is 0.00854. The van der Waals surface area contributed by atoms with Crippen LogP contribution >= 0.6 is 0 Å². The number of alkyl halides is 2. The first-order valence-electron chi connectivity index (χ1n) is 4.66. The molecule has 0 fully saturated rings. The van der Waals surface area contributed by atoms with Crippen molar-refractivity contribution in [3.05, 3.63) is 22.9 Å². The Hall–Kier alpha value is -2.23. The summed E-state index contributed by atoms with van der Waals surface area (Å²) in [5.41, 5.74) is 3.79. The highest BCUT2D eigenvalue weighted by molar-refractivity contribution is 5.95. The molecule has 1 aromatic rings. The second-order valence-corrected chi connectivity index (χ2v) is 2.98. The summed E-state index contributed by atoms with van der Waals surface area (Å²) in [6, 6.07) is 1.58. The molecule has 0 aliphatic carbocycles. The molecular formula is C10H9F2N3O2. The average molecular weight is 241 g/mol. The fraction of sp³-hybridized carbons (Fsp3) is 0.300. The van der Waals surface area contributed by atoms with Crippen molar-refractivity contribution in [2.75, 3.05) is 12.3 Å². The van der Waals surface area contributed by atoms with E-state index in [2.05, 4.69) is 9.72 Å². The molecule has 1 aromatic heterocycles. The smallest absolute Gasteiger partial charge is 0.340 e. The van der Waals surface area contributed by atoms with Crippen molar-refractivity contribution in [1.29, 1.82) is 5.26 Å². The average Bonchev–Trinajstić information content (AvgIpc) is 2.28. The third-order valence-electron chi connectivity index (χ3n) is 1.96. The second kappa shape index (κ2) is 5.21. The Kier molecular flexibility index (Phi) is 3.93. The predicted octanol–water partition coefficient (Wildman–Crippen LogP) is 1.65. The second-order valence-electron chi connectivity index (χ2n) is 2.98. The lowest BCUT2D eigenvalue weighted by Gasteiger charge is -2.10. The predicted molar refractivity (Wildman–Crippen MR) is 54.3 cm³/mol. The van der Waals surface area contributed by atoms with E-state index in [0.717, 1.165) is 6.20 Å². The van der Waals surface area contributed by atoms with Gasteiger partial charge in [0.2, 0.25) is 0 Å². The van der Waals surface area contributed by atoms with Crippen LogP contribution in [0.4, 0.5) is 14.6 Å². The van der Waals surface area contributed by atoms with Crippen molar-refractivity contribution in [3.63, 3.8) is 0 Å². The van der Waals surface area contributed by atoms with Crippen molar-refractivity contribution in [3.8, 4) is 6.07 Å². The molecule has 0 aliphatic heterocycles. The Morgan fingerprint density at radius 2 is 2.35 bits per heavy atom. The van der Waals surface area contributed by atoms with E-state index in [1.54, 1.807) is 6.07 Å². The van der Waals surface area contributed by atoms with Crippen LogP contribution in [0.1, 0.15) is 34.8 Å². The van der Waals surface area contributed by atoms with Crippen LogP contribution in [0.5, 0.6) is 0 Å². The normalized spacial score (nSPS) is 10.1. The molecular weight excluding hydrogens is 232 g/mol. The maximum atomic E-state index is 12.7. The summed E-state index contributed by atoms with van der Waals surface area (Å²) in [6.45, 7) is 1.53. The minimum atomic E-state index is -2.94. The third-order valence-corrected chi connectivity index (χ3v) is 1.96. The number of halogens is 2. The molecule has 2 N–H and O–H groups in total. The number of ether oxygens (including phenoxy) is 1. The number of pyridine rings is 1. The summed E-state index contributed by atoms with van der Waals surface area (Å²) in [5.74, 6) is -1.28. The Bertz CT molecular complexity index is 483. The van der Waals surface area contributed by atoms with Gasteiger partial charge in [0.25, 0.3) is 6.43 Å². The summed E-state index contributed by atoms with van der Waals surface area (Å²) in [6.07, 6.45) is -2.16. The summed E-state index contributed by atoms with van der Waals surface area (Å²) < 4.78 is 30.0. The van der Waals surface area contributed by atoms with Crippen LogP contribution < -0.4 is 5.73 Å². The first-order valence-corrected chi connectivity index (χ1v) is 4.66. The Labute approximate surface area is 95.8 Å². The van der Waals surface area contributed by atoms with Gasteiger partial charge in [-0.1, -0.05) is 0 Å². The van der Waals surface area contributed by atoms with Crippen LogP contribution in [-0.2, 0) is 4.74 Å². The van der Waals surface area contributed by atoms with Crippen molar-refractivity contribution in [1.82, 2.24) is 4.98 Å². The molecule has 0 atom stereocenters. The van der Waals surface area contributed by atoms with Gasteiger partial charge in [-0.3, -0.25) is 0 Å². The number of nitrogens with zero attached hydrogens (tertiary/aromatic N) is 2. The highest BCUT2D eigenvalue weighted by Gasteiger charge is 2.25. The maximum Gasteiger partial charge on any atom is 0.340 e. The van der Waals surface area contributed by atoms with Crippen LogP contribution in [0, 0.1) is 11.3 Å². The van der Waals surface area contributed by atoms with E-state index in [-0.39, 0.29) is 18.0 Å². The van der Waals surface area contributed by atoms with Crippen molar-refractivity contribution in [2.24, 2.45) is 0 Å². The molecule has 90 valence electrons. The van der Waals surface area contributed by atoms with Gasteiger partial charge in [0.05, 0.1) is 17.7 Å². The van der Waals surface area contributed by atoms with E-state index >= 15 is 0 Å². The number of hydrogen-bond donors (Lipinski definition) is 1. The molecule has 17 heavy (non-hydrogen) atoms. The van der Waals surface area contributed by atoms with Crippen LogP contribution in [0.25, 0.3) is 0 Å². The van der Waals surface area contributed by atoms with Gasteiger partial charge < -0.3 is 10.5 Å². The van der Waals surface area contributed by atoms with E-state index in [1.165, 1.54) is 6.92 Å². The molecule has 5 nitrogen and oxygen atoms in total. The first-order chi connectivity index (χ1) is 8.02. The highest BCUT2D eigenvalue weighted by Crippen LogP contribution is 2.27. The standard InChI is InChI=1S/C10H9F2N3O2/c1-2-17-10(16)7-5(3-13)9(14)15-4-6(7)8(11)12/h4,8H,2H2,1H3,(H2,14,15). The van der Waals surface area contributed by atoms with Crippen molar-refractivity contribution in [2.45, 2.75) is 13.3 Å². The maximum absolute atomic E-state index is 12.7. The van der Waals surface area contributed by atoms with Crippen LogP contribution in [0.15, 0.2) is 6.20 Å². The first kappa shape index (κ1) is 12.8.